The number of hydrogen-bond acceptors (Lipinski definition) is 2. The summed E-state index contributed by atoms with van der Waals surface area (Å²) in [5.41, 5.74) is 5.21. The molecule has 2 atom stereocenters. The van der Waals surface area contributed by atoms with Crippen molar-refractivity contribution in [1.82, 2.24) is 0 Å². The zero-order chi connectivity index (χ0) is 13.9. The molecule has 0 radical (unpaired) electrons. The van der Waals surface area contributed by atoms with Crippen molar-refractivity contribution >= 4 is 27.5 Å². The number of carbonyl (C=O) groups excluding carboxylic acids is 1. The molecule has 0 aliphatic carbocycles. The molecular weight excluding hydrogens is 306 g/mol. The van der Waals surface area contributed by atoms with Gasteiger partial charge in [-0.1, -0.05) is 36.2 Å². The molecule has 0 spiro atoms. The van der Waals surface area contributed by atoms with Crippen LogP contribution in [-0.2, 0) is 4.79 Å². The highest BCUT2D eigenvalue weighted by Gasteiger charge is 2.22. The number of benzene rings is 1. The van der Waals surface area contributed by atoms with E-state index in [0.29, 0.717) is 6.42 Å². The molecule has 6 heteroatoms. The topological polar surface area (TPSA) is 55.1 Å². The molecule has 0 heterocycles. The van der Waals surface area contributed by atoms with E-state index in [0.717, 1.165) is 12.1 Å². The first kappa shape index (κ1) is 15.0. The number of amides is 1. The van der Waals surface area contributed by atoms with Gasteiger partial charge in [0.25, 0.3) is 0 Å². The van der Waals surface area contributed by atoms with Crippen LogP contribution in [0.1, 0.15) is 20.3 Å². The second-order valence-corrected chi connectivity index (χ2v) is 5.06. The fourth-order valence-electron chi connectivity index (χ4n) is 1.38. The predicted molar refractivity (Wildman–Crippen MR) is 70.1 cm³/mol. The molecule has 0 saturated heterocycles. The average molecular weight is 321 g/mol. The minimum Gasteiger partial charge on any atom is -0.320 e. The lowest BCUT2D eigenvalue weighted by Gasteiger charge is -2.18. The zero-order valence-electron chi connectivity index (χ0n) is 10.1. The number of carbonyl (C=O) groups is 1. The van der Waals surface area contributed by atoms with Gasteiger partial charge in [-0.15, -0.1) is 0 Å². The van der Waals surface area contributed by atoms with Crippen LogP contribution in [-0.4, -0.2) is 11.9 Å². The van der Waals surface area contributed by atoms with Gasteiger partial charge in [-0.05, 0) is 18.1 Å². The minimum atomic E-state index is -0.841. The Kier molecular flexibility index (Phi) is 5.22. The second-order valence-electron chi connectivity index (χ2n) is 4.15. The molecule has 1 rings (SSSR count). The third-order valence-corrected chi connectivity index (χ3v) is 3.27. The SMILES string of the molecule is CC[C@H](C)[C@H](N)C(=O)Nc1c(F)cc(Br)cc1F. The van der Waals surface area contributed by atoms with Crippen LogP contribution in [0, 0.1) is 17.6 Å². The largest absolute Gasteiger partial charge is 0.320 e. The van der Waals surface area contributed by atoms with Crippen LogP contribution in [0.3, 0.4) is 0 Å². The Morgan fingerprint density at radius 2 is 1.94 bits per heavy atom. The molecule has 3 N–H and O–H groups in total. The van der Waals surface area contributed by atoms with Crippen molar-refractivity contribution in [1.29, 1.82) is 0 Å². The molecule has 0 aromatic heterocycles. The molecule has 0 bridgehead atoms. The highest BCUT2D eigenvalue weighted by molar-refractivity contribution is 9.10. The zero-order valence-corrected chi connectivity index (χ0v) is 11.7. The molecule has 0 saturated carbocycles. The van der Waals surface area contributed by atoms with Crippen molar-refractivity contribution in [3.8, 4) is 0 Å². The van der Waals surface area contributed by atoms with Crippen LogP contribution in [0.2, 0.25) is 0 Å². The monoisotopic (exact) mass is 320 g/mol. The van der Waals surface area contributed by atoms with E-state index in [1.165, 1.54) is 0 Å². The summed E-state index contributed by atoms with van der Waals surface area (Å²) >= 11 is 2.96. The second kappa shape index (κ2) is 6.24. The molecule has 1 aromatic rings. The Bertz CT molecular complexity index is 431. The van der Waals surface area contributed by atoms with Crippen molar-refractivity contribution in [2.75, 3.05) is 5.32 Å². The first-order valence-corrected chi connectivity index (χ1v) is 6.37. The number of hydrogen-bond donors (Lipinski definition) is 2. The van der Waals surface area contributed by atoms with Crippen LogP contribution in [0.25, 0.3) is 0 Å². The lowest BCUT2D eigenvalue weighted by atomic mass is 9.99. The van der Waals surface area contributed by atoms with Crippen LogP contribution in [0.5, 0.6) is 0 Å². The quantitative estimate of drug-likeness (QED) is 0.895. The average Bonchev–Trinajstić information content (AvgIpc) is 2.31. The summed E-state index contributed by atoms with van der Waals surface area (Å²) in [4.78, 5) is 11.7. The van der Waals surface area contributed by atoms with Gasteiger partial charge in [0.05, 0.1) is 6.04 Å². The molecule has 0 aliphatic rings. The molecule has 1 aromatic carbocycles. The van der Waals surface area contributed by atoms with Gasteiger partial charge in [0, 0.05) is 4.47 Å². The smallest absolute Gasteiger partial charge is 0.241 e. The maximum Gasteiger partial charge on any atom is 0.241 e. The fraction of sp³-hybridized carbons (Fsp3) is 0.417. The number of halogens is 3. The number of rotatable bonds is 4. The fourth-order valence-corrected chi connectivity index (χ4v) is 1.78. The van der Waals surface area contributed by atoms with Crippen LogP contribution in [0.4, 0.5) is 14.5 Å². The standard InChI is InChI=1S/C12H15BrF2N2O/c1-3-6(2)10(16)12(18)17-11-8(14)4-7(13)5-9(11)15/h4-6,10H,3,16H2,1-2H3,(H,17,18)/t6-,10-/m0/s1. The molecule has 1 amide bonds. The van der Waals surface area contributed by atoms with Gasteiger partial charge in [0.2, 0.25) is 5.91 Å². The Balaban J connectivity index is 2.89. The number of anilines is 1. The van der Waals surface area contributed by atoms with Crippen molar-refractivity contribution in [3.05, 3.63) is 28.2 Å². The van der Waals surface area contributed by atoms with Crippen molar-refractivity contribution < 1.29 is 13.6 Å². The highest BCUT2D eigenvalue weighted by Crippen LogP contribution is 2.24. The van der Waals surface area contributed by atoms with E-state index in [2.05, 4.69) is 21.2 Å². The lowest BCUT2D eigenvalue weighted by Crippen LogP contribution is -2.41. The van der Waals surface area contributed by atoms with Crippen molar-refractivity contribution in [2.45, 2.75) is 26.3 Å². The first-order valence-electron chi connectivity index (χ1n) is 5.57. The summed E-state index contributed by atoms with van der Waals surface area (Å²) in [5, 5.41) is 2.19. The minimum absolute atomic E-state index is 0.0634. The molecule has 0 unspecified atom stereocenters. The van der Waals surface area contributed by atoms with Gasteiger partial charge in [0.1, 0.15) is 5.69 Å². The van der Waals surface area contributed by atoms with E-state index in [-0.39, 0.29) is 10.4 Å². The Hall–Kier alpha value is -1.01. The van der Waals surface area contributed by atoms with E-state index >= 15 is 0 Å². The van der Waals surface area contributed by atoms with Crippen molar-refractivity contribution in [2.24, 2.45) is 11.7 Å². The number of nitrogens with two attached hydrogens (primary N) is 1. The molecule has 0 aliphatic heterocycles. The first-order chi connectivity index (χ1) is 8.36. The van der Waals surface area contributed by atoms with E-state index in [1.54, 1.807) is 6.92 Å². The normalized spacial score (nSPS) is 14.1. The van der Waals surface area contributed by atoms with Gasteiger partial charge >= 0.3 is 0 Å². The Morgan fingerprint density at radius 1 is 1.44 bits per heavy atom. The van der Waals surface area contributed by atoms with E-state index in [4.69, 9.17) is 5.73 Å². The highest BCUT2D eigenvalue weighted by atomic mass is 79.9. The van der Waals surface area contributed by atoms with Gasteiger partial charge < -0.3 is 11.1 Å². The van der Waals surface area contributed by atoms with Crippen molar-refractivity contribution in [3.63, 3.8) is 0 Å². The van der Waals surface area contributed by atoms with E-state index in [9.17, 15) is 13.6 Å². The van der Waals surface area contributed by atoms with Crippen LogP contribution < -0.4 is 11.1 Å². The molecular formula is C12H15BrF2N2O. The summed E-state index contributed by atoms with van der Waals surface area (Å²) in [6.07, 6.45) is 0.708. The maximum absolute atomic E-state index is 13.5. The van der Waals surface area contributed by atoms with Crippen LogP contribution >= 0.6 is 15.9 Å². The van der Waals surface area contributed by atoms with Gasteiger partial charge in [-0.3, -0.25) is 4.79 Å². The Labute approximate surface area is 113 Å². The Morgan fingerprint density at radius 3 is 2.39 bits per heavy atom. The molecule has 100 valence electrons. The summed E-state index contributed by atoms with van der Waals surface area (Å²) in [6.45, 7) is 3.69. The van der Waals surface area contributed by atoms with Gasteiger partial charge in [0.15, 0.2) is 11.6 Å². The number of nitrogens with one attached hydrogen (secondary N) is 1. The lowest BCUT2D eigenvalue weighted by molar-refractivity contribution is -0.118. The summed E-state index contributed by atoms with van der Waals surface area (Å²) in [6, 6.07) is 1.36. The van der Waals surface area contributed by atoms with E-state index < -0.39 is 29.3 Å². The molecule has 0 fully saturated rings. The summed E-state index contributed by atoms with van der Waals surface area (Å²) < 4.78 is 27.3. The van der Waals surface area contributed by atoms with Gasteiger partial charge in [-0.2, -0.15) is 0 Å². The third-order valence-electron chi connectivity index (χ3n) is 2.81. The maximum atomic E-state index is 13.5. The van der Waals surface area contributed by atoms with E-state index in [1.807, 2.05) is 6.92 Å². The third kappa shape index (κ3) is 3.49. The van der Waals surface area contributed by atoms with Crippen LogP contribution in [0.15, 0.2) is 16.6 Å². The molecule has 18 heavy (non-hydrogen) atoms. The van der Waals surface area contributed by atoms with Gasteiger partial charge in [-0.25, -0.2) is 8.78 Å². The summed E-state index contributed by atoms with van der Waals surface area (Å²) in [7, 11) is 0. The predicted octanol–water partition coefficient (Wildman–Crippen LogP) is 3.04. The summed E-state index contributed by atoms with van der Waals surface area (Å²) in [5.74, 6) is -2.34. The molecule has 3 nitrogen and oxygen atoms in total.